The minimum absolute atomic E-state index is 0.149. The molecule has 0 spiro atoms. The van der Waals surface area contributed by atoms with Gasteiger partial charge in [-0.05, 0) is 37.6 Å². The predicted molar refractivity (Wildman–Crippen MR) is 131 cm³/mol. The highest BCUT2D eigenvalue weighted by molar-refractivity contribution is 7.98. The highest BCUT2D eigenvalue weighted by Gasteiger charge is 2.12. The summed E-state index contributed by atoms with van der Waals surface area (Å²) in [7, 11) is 0. The van der Waals surface area contributed by atoms with E-state index in [9.17, 15) is 9.59 Å². The zero-order valence-electron chi connectivity index (χ0n) is 18.0. The van der Waals surface area contributed by atoms with Crippen LogP contribution in [0.1, 0.15) is 46.4 Å². The fourth-order valence-electron chi connectivity index (χ4n) is 3.23. The molecule has 32 heavy (non-hydrogen) atoms. The Morgan fingerprint density at radius 2 is 2.00 bits per heavy atom. The number of nitrogens with zero attached hydrogens (tertiary/aromatic N) is 3. The quantitative estimate of drug-likeness (QED) is 0.356. The zero-order valence-corrected chi connectivity index (χ0v) is 19.6. The summed E-state index contributed by atoms with van der Waals surface area (Å²) in [5, 5.41) is 8.33. The number of para-hydroxylation sites is 1. The van der Waals surface area contributed by atoms with Gasteiger partial charge in [-0.3, -0.25) is 9.59 Å². The van der Waals surface area contributed by atoms with E-state index in [4.69, 9.17) is 0 Å². The molecule has 1 N–H and O–H groups in total. The first-order chi connectivity index (χ1) is 15.5. The molecule has 164 valence electrons. The summed E-state index contributed by atoms with van der Waals surface area (Å²) in [6, 6.07) is 16.7. The van der Waals surface area contributed by atoms with Crippen molar-refractivity contribution in [1.29, 1.82) is 0 Å². The first-order valence-corrected chi connectivity index (χ1v) is 12.3. The fraction of sp³-hybridized carbons (Fsp3) is 0.250. The van der Waals surface area contributed by atoms with Crippen LogP contribution in [0.15, 0.2) is 64.3 Å². The largest absolute Gasteiger partial charge is 0.321 e. The van der Waals surface area contributed by atoms with Gasteiger partial charge in [0, 0.05) is 28.7 Å². The third-order valence-corrected chi connectivity index (χ3v) is 6.95. The molecule has 0 saturated carbocycles. The third-order valence-electron chi connectivity index (χ3n) is 4.88. The summed E-state index contributed by atoms with van der Waals surface area (Å²) in [6.45, 7) is 4.09. The minimum Gasteiger partial charge on any atom is -0.321 e. The lowest BCUT2D eigenvalue weighted by molar-refractivity contribution is 0.102. The summed E-state index contributed by atoms with van der Waals surface area (Å²) in [5.41, 5.74) is 2.93. The summed E-state index contributed by atoms with van der Waals surface area (Å²) >= 11 is 3.01. The molecule has 0 fully saturated rings. The Morgan fingerprint density at radius 1 is 1.16 bits per heavy atom. The monoisotopic (exact) mass is 464 g/mol. The van der Waals surface area contributed by atoms with Crippen LogP contribution in [0.4, 0.5) is 5.69 Å². The van der Waals surface area contributed by atoms with Crippen LogP contribution >= 0.6 is 23.1 Å². The maximum Gasteiger partial charge on any atom is 0.275 e. The molecule has 0 aliphatic rings. The van der Waals surface area contributed by atoms with E-state index >= 15 is 0 Å². The van der Waals surface area contributed by atoms with Crippen LogP contribution in [0.3, 0.4) is 0 Å². The smallest absolute Gasteiger partial charge is 0.275 e. The molecular weight excluding hydrogens is 440 g/mol. The Balaban J connectivity index is 1.50. The van der Waals surface area contributed by atoms with Gasteiger partial charge in [0.25, 0.3) is 11.5 Å². The van der Waals surface area contributed by atoms with Crippen molar-refractivity contribution in [3.8, 4) is 0 Å². The van der Waals surface area contributed by atoms with Gasteiger partial charge in [-0.1, -0.05) is 54.5 Å². The van der Waals surface area contributed by atoms with E-state index in [1.165, 1.54) is 33.7 Å². The molecule has 0 aliphatic heterocycles. The van der Waals surface area contributed by atoms with Crippen molar-refractivity contribution in [2.75, 3.05) is 5.32 Å². The van der Waals surface area contributed by atoms with Crippen molar-refractivity contribution in [3.05, 3.63) is 86.8 Å². The number of carbonyl (C=O) groups is 1. The van der Waals surface area contributed by atoms with Crippen LogP contribution in [0, 0.1) is 6.92 Å². The van der Waals surface area contributed by atoms with Crippen molar-refractivity contribution in [2.24, 2.45) is 0 Å². The lowest BCUT2D eigenvalue weighted by atomic mass is 10.1. The van der Waals surface area contributed by atoms with Crippen LogP contribution < -0.4 is 10.9 Å². The summed E-state index contributed by atoms with van der Waals surface area (Å²) in [5.74, 6) is 0.370. The summed E-state index contributed by atoms with van der Waals surface area (Å²) < 4.78 is 1.39. The van der Waals surface area contributed by atoms with Crippen molar-refractivity contribution in [2.45, 2.75) is 43.8 Å². The maximum atomic E-state index is 12.7. The molecular formula is C24H24N4O2S2. The lowest BCUT2D eigenvalue weighted by Gasteiger charge is -2.11. The molecule has 2 aromatic heterocycles. The van der Waals surface area contributed by atoms with Gasteiger partial charge < -0.3 is 5.32 Å². The van der Waals surface area contributed by atoms with Crippen molar-refractivity contribution >= 4 is 39.7 Å². The summed E-state index contributed by atoms with van der Waals surface area (Å²) in [6.07, 6.45) is 2.99. The van der Waals surface area contributed by atoms with E-state index in [0.717, 1.165) is 40.4 Å². The van der Waals surface area contributed by atoms with E-state index in [1.54, 1.807) is 6.07 Å². The Bertz CT molecular complexity index is 1310. The molecule has 2 heterocycles. The summed E-state index contributed by atoms with van der Waals surface area (Å²) in [4.78, 5) is 31.4. The number of fused-ring (bicyclic) bond motifs is 1. The van der Waals surface area contributed by atoms with Gasteiger partial charge in [-0.15, -0.1) is 11.8 Å². The number of benzene rings is 2. The number of rotatable bonds is 8. The second kappa shape index (κ2) is 10.1. The third kappa shape index (κ3) is 5.26. The second-order valence-electron chi connectivity index (χ2n) is 7.49. The van der Waals surface area contributed by atoms with E-state index in [2.05, 4.69) is 22.3 Å². The van der Waals surface area contributed by atoms with Gasteiger partial charge in [-0.25, -0.2) is 4.98 Å². The minimum atomic E-state index is -0.161. The van der Waals surface area contributed by atoms with E-state index < -0.39 is 0 Å². The highest BCUT2D eigenvalue weighted by Crippen LogP contribution is 2.30. The number of hydrogen-bond donors (Lipinski definition) is 1. The second-order valence-corrected chi connectivity index (χ2v) is 9.55. The van der Waals surface area contributed by atoms with Gasteiger partial charge in [0.05, 0.1) is 11.4 Å². The molecule has 8 heteroatoms. The van der Waals surface area contributed by atoms with E-state index in [1.807, 2.05) is 49.4 Å². The number of aromatic nitrogens is 3. The fourth-order valence-corrected chi connectivity index (χ4v) is 5.09. The number of anilines is 1. The number of carbonyl (C=O) groups excluding carboxylic acids is 1. The number of thioether (sulfide) groups is 1. The molecule has 4 rings (SSSR count). The number of amides is 1. The molecule has 0 aliphatic carbocycles. The molecule has 0 atom stereocenters. The van der Waals surface area contributed by atoms with Gasteiger partial charge in [0.1, 0.15) is 5.01 Å². The standard InChI is InChI=1S/C24H24N4O2S2/c1-3-4-12-21-27-28-22(29)14-18(25-24(28)32-21)15-31-20-11-6-5-10-19(20)26-23(30)17-9-7-8-16(2)13-17/h5-11,13-14H,3-4,12,15H2,1-2H3,(H,26,30). The molecule has 0 unspecified atom stereocenters. The Hall–Kier alpha value is -2.97. The average Bonchev–Trinajstić information content (AvgIpc) is 3.20. The van der Waals surface area contributed by atoms with Crippen molar-refractivity contribution in [1.82, 2.24) is 14.6 Å². The molecule has 6 nitrogen and oxygen atoms in total. The number of hydrogen-bond acceptors (Lipinski definition) is 6. The lowest BCUT2D eigenvalue weighted by Crippen LogP contribution is -2.15. The topological polar surface area (TPSA) is 76.4 Å². The van der Waals surface area contributed by atoms with Crippen LogP contribution in [0.5, 0.6) is 0 Å². The number of aryl methyl sites for hydroxylation is 2. The van der Waals surface area contributed by atoms with E-state index in [0.29, 0.717) is 22.0 Å². The Morgan fingerprint density at radius 3 is 2.81 bits per heavy atom. The van der Waals surface area contributed by atoms with Crippen molar-refractivity contribution < 1.29 is 4.79 Å². The number of nitrogens with one attached hydrogen (secondary N) is 1. The first kappa shape index (κ1) is 22.2. The van der Waals surface area contributed by atoms with E-state index in [-0.39, 0.29) is 11.5 Å². The predicted octanol–water partition coefficient (Wildman–Crippen LogP) is 5.35. The normalized spacial score (nSPS) is 11.1. The van der Waals surface area contributed by atoms with Gasteiger partial charge >= 0.3 is 0 Å². The van der Waals surface area contributed by atoms with Crippen LogP contribution in [0.25, 0.3) is 4.96 Å². The van der Waals surface area contributed by atoms with Crippen LogP contribution in [0.2, 0.25) is 0 Å². The Labute approximate surface area is 194 Å². The molecule has 1 amide bonds. The van der Waals surface area contributed by atoms with Crippen LogP contribution in [-0.4, -0.2) is 20.5 Å². The molecule has 4 aromatic rings. The first-order valence-electron chi connectivity index (χ1n) is 10.5. The average molecular weight is 465 g/mol. The Kier molecular flexibility index (Phi) is 7.02. The molecule has 2 aromatic carbocycles. The van der Waals surface area contributed by atoms with Gasteiger partial charge in [0.15, 0.2) is 0 Å². The maximum absolute atomic E-state index is 12.7. The zero-order chi connectivity index (χ0) is 22.5. The molecule has 0 bridgehead atoms. The molecule has 0 radical (unpaired) electrons. The number of unbranched alkanes of at least 4 members (excludes halogenated alkanes) is 1. The highest BCUT2D eigenvalue weighted by atomic mass is 32.2. The van der Waals surface area contributed by atoms with Gasteiger partial charge in [0.2, 0.25) is 4.96 Å². The van der Waals surface area contributed by atoms with Gasteiger partial charge in [-0.2, -0.15) is 9.61 Å². The van der Waals surface area contributed by atoms with Crippen molar-refractivity contribution in [3.63, 3.8) is 0 Å². The molecule has 0 saturated heterocycles. The van der Waals surface area contributed by atoms with Crippen LogP contribution in [-0.2, 0) is 12.2 Å². The SMILES string of the molecule is CCCCc1nn2c(=O)cc(CSc3ccccc3NC(=O)c3cccc(C)c3)nc2s1.